The molecule has 0 saturated carbocycles. The molecule has 0 aromatic heterocycles. The van der Waals surface area contributed by atoms with Crippen LogP contribution >= 0.6 is 23.2 Å². The molecule has 0 radical (unpaired) electrons. The van der Waals surface area contributed by atoms with Gasteiger partial charge in [0.05, 0.1) is 10.0 Å². The maximum Gasteiger partial charge on any atom is 0.328 e. The maximum atomic E-state index is 13.9. The summed E-state index contributed by atoms with van der Waals surface area (Å²) >= 11 is 11.7. The first-order valence-electron chi connectivity index (χ1n) is 5.63. The van der Waals surface area contributed by atoms with Crippen molar-refractivity contribution in [2.24, 2.45) is 0 Å². The van der Waals surface area contributed by atoms with Crippen molar-refractivity contribution in [3.63, 3.8) is 0 Å². The molecule has 1 N–H and O–H groups in total. The van der Waals surface area contributed by atoms with E-state index in [2.05, 4.69) is 0 Å². The molecule has 0 fully saturated rings. The van der Waals surface area contributed by atoms with Crippen molar-refractivity contribution in [2.75, 3.05) is 0 Å². The Morgan fingerprint density at radius 2 is 1.85 bits per heavy atom. The molecule has 5 heteroatoms. The van der Waals surface area contributed by atoms with Crippen LogP contribution in [0.15, 0.2) is 42.5 Å². The van der Waals surface area contributed by atoms with E-state index < -0.39 is 11.8 Å². The Kier molecular flexibility index (Phi) is 4.42. The highest BCUT2D eigenvalue weighted by molar-refractivity contribution is 6.42. The van der Waals surface area contributed by atoms with Gasteiger partial charge in [0.1, 0.15) is 5.82 Å². The second-order valence-corrected chi connectivity index (χ2v) is 4.85. The van der Waals surface area contributed by atoms with E-state index in [1.165, 1.54) is 18.2 Å². The minimum absolute atomic E-state index is 0.329. The Labute approximate surface area is 125 Å². The molecule has 0 aliphatic rings. The molecule has 0 heterocycles. The van der Waals surface area contributed by atoms with Crippen molar-refractivity contribution in [3.8, 4) is 11.1 Å². The Balaban J connectivity index is 2.47. The number of carbonyl (C=O) groups is 1. The van der Waals surface area contributed by atoms with E-state index in [0.717, 1.165) is 6.08 Å². The van der Waals surface area contributed by atoms with Gasteiger partial charge in [-0.3, -0.25) is 0 Å². The predicted octanol–water partition coefficient (Wildman–Crippen LogP) is 4.90. The SMILES string of the molecule is O=C(O)/C=C/c1ccc(F)c(-c2ccc(Cl)c(Cl)c2)c1. The number of benzene rings is 2. The van der Waals surface area contributed by atoms with Crippen LogP contribution in [0, 0.1) is 5.82 Å². The lowest BCUT2D eigenvalue weighted by Crippen LogP contribution is -1.88. The molecule has 0 aliphatic heterocycles. The van der Waals surface area contributed by atoms with Crippen molar-refractivity contribution in [1.29, 1.82) is 0 Å². The lowest BCUT2D eigenvalue weighted by molar-refractivity contribution is -0.131. The summed E-state index contributed by atoms with van der Waals surface area (Å²) in [5, 5.41) is 9.31. The second-order valence-electron chi connectivity index (χ2n) is 4.04. The first kappa shape index (κ1) is 14.6. The second kappa shape index (κ2) is 6.07. The zero-order valence-corrected chi connectivity index (χ0v) is 11.6. The summed E-state index contributed by atoms with van der Waals surface area (Å²) in [6.45, 7) is 0. The summed E-state index contributed by atoms with van der Waals surface area (Å²) in [4.78, 5) is 10.5. The van der Waals surface area contributed by atoms with Gasteiger partial charge in [0, 0.05) is 11.6 Å². The molecule has 2 aromatic rings. The number of hydrogen-bond donors (Lipinski definition) is 1. The van der Waals surface area contributed by atoms with Gasteiger partial charge in [-0.15, -0.1) is 0 Å². The summed E-state index contributed by atoms with van der Waals surface area (Å²) in [5.74, 6) is -1.48. The van der Waals surface area contributed by atoms with E-state index in [1.807, 2.05) is 0 Å². The van der Waals surface area contributed by atoms with E-state index in [4.69, 9.17) is 28.3 Å². The molecule has 0 atom stereocenters. The summed E-state index contributed by atoms with van der Waals surface area (Å²) < 4.78 is 13.9. The smallest absolute Gasteiger partial charge is 0.328 e. The third-order valence-corrected chi connectivity index (χ3v) is 3.38. The van der Waals surface area contributed by atoms with Crippen molar-refractivity contribution in [2.45, 2.75) is 0 Å². The lowest BCUT2D eigenvalue weighted by atomic mass is 10.0. The van der Waals surface area contributed by atoms with Gasteiger partial charge in [-0.2, -0.15) is 0 Å². The molecule has 2 nitrogen and oxygen atoms in total. The van der Waals surface area contributed by atoms with Crippen LogP contribution in [0.2, 0.25) is 10.0 Å². The first-order chi connectivity index (χ1) is 9.47. The van der Waals surface area contributed by atoms with Crippen LogP contribution in [0.25, 0.3) is 17.2 Å². The van der Waals surface area contributed by atoms with Crippen LogP contribution in [0.1, 0.15) is 5.56 Å². The van der Waals surface area contributed by atoms with E-state index in [-0.39, 0.29) is 0 Å². The van der Waals surface area contributed by atoms with Gasteiger partial charge in [0.2, 0.25) is 0 Å². The number of halogens is 3. The third-order valence-electron chi connectivity index (χ3n) is 2.64. The molecular formula is C15H9Cl2FO2. The van der Waals surface area contributed by atoms with Crippen LogP contribution in [0.3, 0.4) is 0 Å². The number of hydrogen-bond acceptors (Lipinski definition) is 1. The van der Waals surface area contributed by atoms with Crippen LogP contribution in [-0.2, 0) is 4.79 Å². The maximum absolute atomic E-state index is 13.9. The van der Waals surface area contributed by atoms with Gasteiger partial charge in [-0.1, -0.05) is 35.3 Å². The standard InChI is InChI=1S/C15H9Cl2FO2/c16-12-4-3-10(8-13(12)17)11-7-9(1-5-14(11)18)2-6-15(19)20/h1-8H,(H,19,20)/b6-2+. The highest BCUT2D eigenvalue weighted by Gasteiger charge is 2.08. The highest BCUT2D eigenvalue weighted by Crippen LogP contribution is 2.30. The Bertz CT molecular complexity index is 696. The molecule has 0 bridgehead atoms. The van der Waals surface area contributed by atoms with E-state index in [1.54, 1.807) is 24.3 Å². The van der Waals surface area contributed by atoms with Crippen molar-refractivity contribution in [1.82, 2.24) is 0 Å². The molecule has 0 unspecified atom stereocenters. The largest absolute Gasteiger partial charge is 0.478 e. The molecule has 2 aromatic carbocycles. The van der Waals surface area contributed by atoms with Crippen LogP contribution in [0.4, 0.5) is 4.39 Å². The summed E-state index contributed by atoms with van der Waals surface area (Å²) in [6, 6.07) is 9.12. The molecular weight excluding hydrogens is 302 g/mol. The average Bonchev–Trinajstić information content (AvgIpc) is 2.41. The van der Waals surface area contributed by atoms with E-state index >= 15 is 0 Å². The monoisotopic (exact) mass is 310 g/mol. The van der Waals surface area contributed by atoms with Gasteiger partial charge < -0.3 is 5.11 Å². The fraction of sp³-hybridized carbons (Fsp3) is 0. The van der Waals surface area contributed by atoms with Crippen LogP contribution < -0.4 is 0 Å². The molecule has 2 rings (SSSR count). The third kappa shape index (κ3) is 3.38. The van der Waals surface area contributed by atoms with Crippen LogP contribution in [0.5, 0.6) is 0 Å². The van der Waals surface area contributed by atoms with Gasteiger partial charge >= 0.3 is 5.97 Å². The Morgan fingerprint density at radius 1 is 1.10 bits per heavy atom. The summed E-state index contributed by atoms with van der Waals surface area (Å²) in [6.07, 6.45) is 2.38. The zero-order valence-electron chi connectivity index (χ0n) is 10.1. The highest BCUT2D eigenvalue weighted by atomic mass is 35.5. The quantitative estimate of drug-likeness (QED) is 0.819. The molecule has 0 saturated heterocycles. The molecule has 0 spiro atoms. The normalized spacial score (nSPS) is 10.9. The number of aliphatic carboxylic acids is 1. The predicted molar refractivity (Wildman–Crippen MR) is 78.5 cm³/mol. The van der Waals surface area contributed by atoms with Crippen molar-refractivity contribution in [3.05, 3.63) is 63.9 Å². The number of carboxylic acid groups (broad SMARTS) is 1. The number of carboxylic acids is 1. The lowest BCUT2D eigenvalue weighted by Gasteiger charge is -2.06. The zero-order chi connectivity index (χ0) is 14.7. The first-order valence-corrected chi connectivity index (χ1v) is 6.39. The van der Waals surface area contributed by atoms with Gasteiger partial charge in [0.25, 0.3) is 0 Å². The molecule has 0 amide bonds. The van der Waals surface area contributed by atoms with Crippen molar-refractivity contribution < 1.29 is 14.3 Å². The van der Waals surface area contributed by atoms with E-state index in [9.17, 15) is 9.18 Å². The minimum Gasteiger partial charge on any atom is -0.478 e. The molecule has 102 valence electrons. The molecule has 20 heavy (non-hydrogen) atoms. The topological polar surface area (TPSA) is 37.3 Å². The summed E-state index contributed by atoms with van der Waals surface area (Å²) in [7, 11) is 0. The van der Waals surface area contributed by atoms with Crippen molar-refractivity contribution >= 4 is 35.2 Å². The number of rotatable bonds is 3. The minimum atomic E-state index is -1.06. The van der Waals surface area contributed by atoms with Crippen LogP contribution in [-0.4, -0.2) is 11.1 Å². The Morgan fingerprint density at radius 3 is 2.50 bits per heavy atom. The van der Waals surface area contributed by atoms with Gasteiger partial charge in [0.15, 0.2) is 0 Å². The summed E-state index contributed by atoms with van der Waals surface area (Å²) in [5.41, 5.74) is 1.48. The van der Waals surface area contributed by atoms with Gasteiger partial charge in [-0.25, -0.2) is 9.18 Å². The average molecular weight is 311 g/mol. The van der Waals surface area contributed by atoms with Gasteiger partial charge in [-0.05, 0) is 41.5 Å². The Hall–Kier alpha value is -1.84. The fourth-order valence-electron chi connectivity index (χ4n) is 1.70. The molecule has 0 aliphatic carbocycles. The van der Waals surface area contributed by atoms with E-state index in [0.29, 0.717) is 26.7 Å². The fourth-order valence-corrected chi connectivity index (χ4v) is 2.00.